The van der Waals surface area contributed by atoms with Crippen molar-refractivity contribution in [3.8, 4) is 28.8 Å². The van der Waals surface area contributed by atoms with E-state index in [0.717, 1.165) is 17.3 Å². The number of nitrogens with zero attached hydrogens (tertiary/aromatic N) is 4. The van der Waals surface area contributed by atoms with Crippen molar-refractivity contribution < 1.29 is 23.1 Å². The van der Waals surface area contributed by atoms with Crippen LogP contribution in [0.25, 0.3) is 17.3 Å². The van der Waals surface area contributed by atoms with Gasteiger partial charge in [-0.3, -0.25) is 9.36 Å². The third-order valence-electron chi connectivity index (χ3n) is 4.60. The van der Waals surface area contributed by atoms with Crippen molar-refractivity contribution in [1.82, 2.24) is 20.2 Å². The number of hydrogen-bond acceptors (Lipinski definition) is 8. The van der Waals surface area contributed by atoms with Crippen LogP contribution in [0, 0.1) is 5.82 Å². The first-order valence-corrected chi connectivity index (χ1v) is 11.0. The van der Waals surface area contributed by atoms with E-state index < -0.39 is 0 Å². The number of hydrogen-bond donors (Lipinski definition) is 1. The van der Waals surface area contributed by atoms with Gasteiger partial charge in [-0.15, -0.1) is 10.2 Å². The number of furan rings is 1. The van der Waals surface area contributed by atoms with Crippen LogP contribution in [-0.2, 0) is 4.79 Å². The molecule has 1 amide bonds. The fourth-order valence-corrected chi connectivity index (χ4v) is 3.77. The molecule has 174 valence electrons. The van der Waals surface area contributed by atoms with E-state index in [1.807, 2.05) is 0 Å². The number of hydrazone groups is 1. The molecule has 0 aliphatic rings. The Labute approximate surface area is 198 Å². The molecule has 2 heterocycles. The Balaban J connectivity index is 1.45. The molecular weight excluding hydrogens is 461 g/mol. The lowest BCUT2D eigenvalue weighted by Gasteiger charge is -2.09. The molecule has 0 saturated carbocycles. The predicted octanol–water partition coefficient (Wildman–Crippen LogP) is 3.93. The van der Waals surface area contributed by atoms with Gasteiger partial charge in [0, 0.05) is 0 Å². The molecule has 2 aromatic carbocycles. The van der Waals surface area contributed by atoms with Crippen molar-refractivity contribution >= 4 is 23.9 Å². The molecule has 0 unspecified atom stereocenters. The van der Waals surface area contributed by atoms with Gasteiger partial charge in [0.2, 0.25) is 5.82 Å². The Hall–Kier alpha value is -4.12. The van der Waals surface area contributed by atoms with Gasteiger partial charge in [0.25, 0.3) is 5.91 Å². The number of amides is 1. The summed E-state index contributed by atoms with van der Waals surface area (Å²) in [5.41, 5.74) is 3.84. The van der Waals surface area contributed by atoms with Crippen molar-refractivity contribution in [2.24, 2.45) is 5.10 Å². The molecule has 11 heteroatoms. The van der Waals surface area contributed by atoms with Crippen LogP contribution in [-0.4, -0.2) is 46.9 Å². The number of halogens is 1. The third-order valence-corrected chi connectivity index (χ3v) is 5.53. The monoisotopic (exact) mass is 481 g/mol. The van der Waals surface area contributed by atoms with E-state index in [0.29, 0.717) is 33.9 Å². The minimum absolute atomic E-state index is 0.0285. The Morgan fingerprint density at radius 1 is 1.15 bits per heavy atom. The van der Waals surface area contributed by atoms with Crippen LogP contribution in [0.4, 0.5) is 4.39 Å². The maximum Gasteiger partial charge on any atom is 0.250 e. The van der Waals surface area contributed by atoms with Crippen LogP contribution in [0.2, 0.25) is 0 Å². The third kappa shape index (κ3) is 5.26. The molecule has 9 nitrogen and oxygen atoms in total. The number of aromatic nitrogens is 3. The summed E-state index contributed by atoms with van der Waals surface area (Å²) in [6.07, 6.45) is 3.02. The van der Waals surface area contributed by atoms with Crippen molar-refractivity contribution in [3.05, 3.63) is 72.2 Å². The van der Waals surface area contributed by atoms with Crippen molar-refractivity contribution in [2.45, 2.75) is 5.16 Å². The van der Waals surface area contributed by atoms with Gasteiger partial charge in [0.1, 0.15) is 5.82 Å². The van der Waals surface area contributed by atoms with E-state index in [-0.39, 0.29) is 17.5 Å². The first-order chi connectivity index (χ1) is 16.6. The molecule has 2 aromatic heterocycles. The Morgan fingerprint density at radius 3 is 2.65 bits per heavy atom. The van der Waals surface area contributed by atoms with E-state index in [1.54, 1.807) is 61.3 Å². The number of ether oxygens (including phenoxy) is 2. The summed E-state index contributed by atoms with van der Waals surface area (Å²) in [5.74, 6) is 1.41. The summed E-state index contributed by atoms with van der Waals surface area (Å²) in [6, 6.07) is 14.6. The largest absolute Gasteiger partial charge is 0.493 e. The number of benzene rings is 2. The second kappa shape index (κ2) is 10.7. The van der Waals surface area contributed by atoms with Crippen molar-refractivity contribution in [2.75, 3.05) is 20.0 Å². The highest BCUT2D eigenvalue weighted by Crippen LogP contribution is 2.29. The molecule has 0 saturated heterocycles. The quantitative estimate of drug-likeness (QED) is 0.219. The van der Waals surface area contributed by atoms with Crippen LogP contribution in [0.3, 0.4) is 0 Å². The number of thioether (sulfide) groups is 1. The maximum absolute atomic E-state index is 13.4. The van der Waals surface area contributed by atoms with Crippen molar-refractivity contribution in [3.63, 3.8) is 0 Å². The molecule has 0 atom stereocenters. The molecule has 0 aliphatic carbocycles. The van der Waals surface area contributed by atoms with Gasteiger partial charge in [-0.1, -0.05) is 11.8 Å². The van der Waals surface area contributed by atoms with E-state index in [1.165, 1.54) is 24.6 Å². The van der Waals surface area contributed by atoms with Crippen LogP contribution in [0.15, 0.2) is 75.5 Å². The summed E-state index contributed by atoms with van der Waals surface area (Å²) >= 11 is 1.16. The molecular formula is C23H20FN5O4S. The zero-order valence-electron chi connectivity index (χ0n) is 18.3. The Kier molecular flexibility index (Phi) is 7.23. The normalized spacial score (nSPS) is 11.0. The zero-order chi connectivity index (χ0) is 23.9. The minimum Gasteiger partial charge on any atom is -0.493 e. The van der Waals surface area contributed by atoms with Crippen molar-refractivity contribution in [1.29, 1.82) is 0 Å². The fraction of sp³-hybridized carbons (Fsp3) is 0.130. The van der Waals surface area contributed by atoms with Gasteiger partial charge < -0.3 is 13.9 Å². The number of nitrogens with one attached hydrogen (secondary N) is 1. The summed E-state index contributed by atoms with van der Waals surface area (Å²) < 4.78 is 31.0. The predicted molar refractivity (Wildman–Crippen MR) is 125 cm³/mol. The number of carbonyl (C=O) groups excluding carboxylic acids is 1. The highest BCUT2D eigenvalue weighted by Gasteiger charge is 2.19. The average Bonchev–Trinajstić information content (AvgIpc) is 3.53. The van der Waals surface area contributed by atoms with E-state index in [4.69, 9.17) is 13.9 Å². The summed E-state index contributed by atoms with van der Waals surface area (Å²) in [5, 5.41) is 12.8. The SMILES string of the molecule is COc1ccc(C=NNC(=O)CSc2nnc(-c3ccco3)n2-c2ccc(F)cc2)cc1OC. The lowest BCUT2D eigenvalue weighted by molar-refractivity contribution is -0.118. The second-order valence-corrected chi connectivity index (χ2v) is 7.73. The minimum atomic E-state index is -0.364. The highest BCUT2D eigenvalue weighted by molar-refractivity contribution is 7.99. The molecule has 0 radical (unpaired) electrons. The molecule has 4 rings (SSSR count). The molecule has 34 heavy (non-hydrogen) atoms. The number of carbonyl (C=O) groups is 1. The summed E-state index contributed by atoms with van der Waals surface area (Å²) in [7, 11) is 3.09. The summed E-state index contributed by atoms with van der Waals surface area (Å²) in [6.45, 7) is 0. The lowest BCUT2D eigenvalue weighted by atomic mass is 10.2. The average molecular weight is 482 g/mol. The lowest BCUT2D eigenvalue weighted by Crippen LogP contribution is -2.20. The molecule has 1 N–H and O–H groups in total. The highest BCUT2D eigenvalue weighted by atomic mass is 32.2. The van der Waals surface area contributed by atoms with E-state index in [2.05, 4.69) is 20.7 Å². The first-order valence-electron chi connectivity index (χ1n) is 10.0. The second-order valence-electron chi connectivity index (χ2n) is 6.79. The van der Waals surface area contributed by atoms with Crippen LogP contribution < -0.4 is 14.9 Å². The van der Waals surface area contributed by atoms with Gasteiger partial charge in [0.05, 0.1) is 38.1 Å². The Morgan fingerprint density at radius 2 is 1.94 bits per heavy atom. The standard InChI is InChI=1S/C23H20FN5O4S/c1-31-18-10-5-15(12-20(18)32-2)13-25-26-21(30)14-34-23-28-27-22(19-4-3-11-33-19)29(23)17-8-6-16(24)7-9-17/h3-13H,14H2,1-2H3,(H,26,30). The van der Waals surface area contributed by atoms with Crippen LogP contribution in [0.5, 0.6) is 11.5 Å². The van der Waals surface area contributed by atoms with Gasteiger partial charge >= 0.3 is 0 Å². The summed E-state index contributed by atoms with van der Waals surface area (Å²) in [4.78, 5) is 12.3. The first kappa shape index (κ1) is 23.1. The zero-order valence-corrected chi connectivity index (χ0v) is 19.1. The molecule has 0 spiro atoms. The van der Waals surface area contributed by atoms with E-state index in [9.17, 15) is 9.18 Å². The van der Waals surface area contributed by atoms with Crippen LogP contribution >= 0.6 is 11.8 Å². The molecule has 4 aromatic rings. The smallest absolute Gasteiger partial charge is 0.250 e. The molecule has 0 fully saturated rings. The topological polar surface area (TPSA) is 104 Å². The maximum atomic E-state index is 13.4. The van der Waals surface area contributed by atoms with Gasteiger partial charge in [0.15, 0.2) is 22.4 Å². The van der Waals surface area contributed by atoms with Gasteiger partial charge in [-0.25, -0.2) is 9.82 Å². The van der Waals surface area contributed by atoms with Gasteiger partial charge in [-0.05, 0) is 60.2 Å². The van der Waals surface area contributed by atoms with E-state index >= 15 is 0 Å². The number of rotatable bonds is 9. The molecule has 0 aliphatic heterocycles. The molecule has 0 bridgehead atoms. The fourth-order valence-electron chi connectivity index (χ4n) is 3.03. The Bertz CT molecular complexity index is 1290. The van der Waals surface area contributed by atoms with Gasteiger partial charge in [-0.2, -0.15) is 5.10 Å². The number of methoxy groups -OCH3 is 2. The van der Waals surface area contributed by atoms with Crippen LogP contribution in [0.1, 0.15) is 5.56 Å².